The van der Waals surface area contributed by atoms with E-state index >= 15 is 0 Å². The van der Waals surface area contributed by atoms with Crippen molar-refractivity contribution in [3.8, 4) is 11.5 Å². The molecular formula is C24H28N2O5S. The van der Waals surface area contributed by atoms with Crippen LogP contribution in [0.4, 0.5) is 0 Å². The van der Waals surface area contributed by atoms with Crippen molar-refractivity contribution in [3.05, 3.63) is 66.7 Å². The average molecular weight is 457 g/mol. The highest BCUT2D eigenvalue weighted by Gasteiger charge is 2.29. The Labute approximate surface area is 188 Å². The van der Waals surface area contributed by atoms with E-state index in [1.807, 2.05) is 42.5 Å². The van der Waals surface area contributed by atoms with Gasteiger partial charge in [0.05, 0.1) is 12.0 Å². The average Bonchev–Trinajstić information content (AvgIpc) is 2.83. The molecule has 3 aromatic rings. The molecule has 0 aromatic heterocycles. The van der Waals surface area contributed by atoms with Crippen LogP contribution in [-0.4, -0.2) is 75.3 Å². The third kappa shape index (κ3) is 5.05. The van der Waals surface area contributed by atoms with Crippen LogP contribution in [0.2, 0.25) is 0 Å². The number of fused-ring (bicyclic) bond motifs is 1. The Hall–Kier alpha value is -2.65. The highest BCUT2D eigenvalue weighted by Crippen LogP contribution is 2.25. The van der Waals surface area contributed by atoms with E-state index in [4.69, 9.17) is 9.47 Å². The number of sulfonamides is 1. The lowest BCUT2D eigenvalue weighted by Gasteiger charge is -2.34. The normalized spacial score (nSPS) is 16.7. The summed E-state index contributed by atoms with van der Waals surface area (Å²) >= 11 is 0. The Balaban J connectivity index is 1.28. The first-order chi connectivity index (χ1) is 15.5. The largest absolute Gasteiger partial charge is 0.497 e. The number of benzene rings is 3. The molecule has 0 unspecified atom stereocenters. The van der Waals surface area contributed by atoms with Crippen molar-refractivity contribution in [2.45, 2.75) is 11.0 Å². The topological polar surface area (TPSA) is 79.3 Å². The van der Waals surface area contributed by atoms with Gasteiger partial charge < -0.3 is 14.6 Å². The third-order valence-electron chi connectivity index (χ3n) is 5.68. The molecule has 1 aliphatic rings. The van der Waals surface area contributed by atoms with Gasteiger partial charge in [0.1, 0.15) is 24.2 Å². The molecule has 8 heteroatoms. The van der Waals surface area contributed by atoms with Crippen LogP contribution in [0.1, 0.15) is 0 Å². The van der Waals surface area contributed by atoms with Gasteiger partial charge in [-0.25, -0.2) is 8.42 Å². The Bertz CT molecular complexity index is 1140. The van der Waals surface area contributed by atoms with Crippen molar-refractivity contribution in [1.29, 1.82) is 0 Å². The van der Waals surface area contributed by atoms with Gasteiger partial charge in [-0.1, -0.05) is 36.4 Å². The van der Waals surface area contributed by atoms with E-state index in [9.17, 15) is 13.5 Å². The quantitative estimate of drug-likeness (QED) is 0.561. The molecule has 4 rings (SSSR count). The molecule has 0 spiro atoms. The zero-order valence-electron chi connectivity index (χ0n) is 18.1. The summed E-state index contributed by atoms with van der Waals surface area (Å²) in [6.45, 7) is 2.48. The molecule has 0 aliphatic carbocycles. The van der Waals surface area contributed by atoms with Gasteiger partial charge in [0.15, 0.2) is 0 Å². The van der Waals surface area contributed by atoms with E-state index in [0.29, 0.717) is 38.5 Å². The number of hydrogen-bond acceptors (Lipinski definition) is 6. The zero-order valence-corrected chi connectivity index (χ0v) is 18.9. The van der Waals surface area contributed by atoms with E-state index in [1.54, 1.807) is 31.4 Å². The molecule has 0 amide bonds. The van der Waals surface area contributed by atoms with Gasteiger partial charge in [-0.2, -0.15) is 4.31 Å². The van der Waals surface area contributed by atoms with Gasteiger partial charge in [-0.15, -0.1) is 0 Å². The summed E-state index contributed by atoms with van der Waals surface area (Å²) in [5.41, 5.74) is 0. The summed E-state index contributed by atoms with van der Waals surface area (Å²) in [5, 5.41) is 12.6. The lowest BCUT2D eigenvalue weighted by molar-refractivity contribution is 0.0573. The minimum absolute atomic E-state index is 0.179. The number of aliphatic hydroxyl groups is 1. The number of nitrogens with zero attached hydrogens (tertiary/aromatic N) is 2. The molecule has 1 aliphatic heterocycles. The van der Waals surface area contributed by atoms with E-state index in [0.717, 1.165) is 16.5 Å². The number of rotatable bonds is 8. The molecule has 32 heavy (non-hydrogen) atoms. The maximum absolute atomic E-state index is 12.9. The summed E-state index contributed by atoms with van der Waals surface area (Å²) in [5.74, 6) is 1.37. The van der Waals surface area contributed by atoms with Crippen LogP contribution in [-0.2, 0) is 10.0 Å². The van der Waals surface area contributed by atoms with Gasteiger partial charge in [0.25, 0.3) is 0 Å². The number of ether oxygens (including phenoxy) is 2. The SMILES string of the molecule is COc1ccc(S(=O)(=O)N2CCN(C[C@H](O)COc3cccc4ccccc34)CC2)cc1. The second-order valence-corrected chi connectivity index (χ2v) is 9.76. The fraction of sp³-hybridized carbons (Fsp3) is 0.333. The van der Waals surface area contributed by atoms with Crippen LogP contribution in [0.25, 0.3) is 10.8 Å². The van der Waals surface area contributed by atoms with Gasteiger partial charge in [-0.3, -0.25) is 4.90 Å². The van der Waals surface area contributed by atoms with E-state index in [1.165, 1.54) is 4.31 Å². The fourth-order valence-corrected chi connectivity index (χ4v) is 5.33. The predicted molar refractivity (Wildman–Crippen MR) is 124 cm³/mol. The van der Waals surface area contributed by atoms with Crippen LogP contribution < -0.4 is 9.47 Å². The first-order valence-corrected chi connectivity index (χ1v) is 12.1. The summed E-state index contributed by atoms with van der Waals surface area (Å²) < 4.78 is 38.2. The van der Waals surface area contributed by atoms with Crippen molar-refractivity contribution in [2.75, 3.05) is 46.4 Å². The van der Waals surface area contributed by atoms with E-state index in [-0.39, 0.29) is 11.5 Å². The molecule has 170 valence electrons. The lowest BCUT2D eigenvalue weighted by Crippen LogP contribution is -2.50. The van der Waals surface area contributed by atoms with Crippen LogP contribution in [0.5, 0.6) is 11.5 Å². The number of aliphatic hydroxyl groups excluding tert-OH is 1. The summed E-state index contributed by atoms with van der Waals surface area (Å²) in [4.78, 5) is 2.33. The molecule has 1 heterocycles. The molecule has 0 radical (unpaired) electrons. The van der Waals surface area contributed by atoms with Crippen molar-refractivity contribution >= 4 is 20.8 Å². The number of methoxy groups -OCH3 is 1. The predicted octanol–water partition coefficient (Wildman–Crippen LogP) is 2.59. The van der Waals surface area contributed by atoms with Gasteiger partial charge in [0.2, 0.25) is 10.0 Å². The maximum atomic E-state index is 12.9. The van der Waals surface area contributed by atoms with Crippen LogP contribution >= 0.6 is 0 Å². The molecule has 7 nitrogen and oxygen atoms in total. The highest BCUT2D eigenvalue weighted by molar-refractivity contribution is 7.89. The number of hydrogen-bond donors (Lipinski definition) is 1. The smallest absolute Gasteiger partial charge is 0.243 e. The first-order valence-electron chi connectivity index (χ1n) is 10.6. The lowest BCUT2D eigenvalue weighted by atomic mass is 10.1. The summed E-state index contributed by atoms with van der Waals surface area (Å²) in [7, 11) is -2.00. The standard InChI is InChI=1S/C24H28N2O5S/c1-30-21-9-11-22(12-10-21)32(28,29)26-15-13-25(14-16-26)17-20(27)18-31-24-8-4-6-19-5-2-3-7-23(19)24/h2-12,20,27H,13-18H2,1H3/t20-/m0/s1. The molecular weight excluding hydrogens is 428 g/mol. The van der Waals surface area contributed by atoms with Crippen molar-refractivity contribution in [2.24, 2.45) is 0 Å². The minimum Gasteiger partial charge on any atom is -0.497 e. The molecule has 3 aromatic carbocycles. The Morgan fingerprint density at radius 1 is 0.938 bits per heavy atom. The van der Waals surface area contributed by atoms with Crippen LogP contribution in [0, 0.1) is 0 Å². The van der Waals surface area contributed by atoms with Crippen molar-refractivity contribution in [3.63, 3.8) is 0 Å². The van der Waals surface area contributed by atoms with E-state index in [2.05, 4.69) is 4.90 Å². The summed E-state index contributed by atoms with van der Waals surface area (Å²) in [6.07, 6.45) is -0.668. The molecule has 0 bridgehead atoms. The monoisotopic (exact) mass is 456 g/mol. The Kier molecular flexibility index (Phi) is 6.95. The number of piperazine rings is 1. The molecule has 1 saturated heterocycles. The zero-order chi connectivity index (χ0) is 22.6. The third-order valence-corrected chi connectivity index (χ3v) is 7.59. The molecule has 0 saturated carbocycles. The second kappa shape index (κ2) is 9.87. The van der Waals surface area contributed by atoms with Crippen molar-refractivity contribution in [1.82, 2.24) is 9.21 Å². The summed E-state index contributed by atoms with van der Waals surface area (Å²) in [6, 6.07) is 20.3. The van der Waals surface area contributed by atoms with Gasteiger partial charge in [-0.05, 0) is 35.7 Å². The molecule has 1 fully saturated rings. The molecule has 1 N–H and O–H groups in total. The van der Waals surface area contributed by atoms with Gasteiger partial charge in [0, 0.05) is 38.1 Å². The minimum atomic E-state index is -3.54. The van der Waals surface area contributed by atoms with Crippen molar-refractivity contribution < 1.29 is 23.0 Å². The highest BCUT2D eigenvalue weighted by atomic mass is 32.2. The fourth-order valence-electron chi connectivity index (χ4n) is 3.91. The molecule has 1 atom stereocenters. The second-order valence-electron chi connectivity index (χ2n) is 7.82. The number of β-amino-alcohol motifs (C(OH)–C–C–N with tert-alkyl or cyclic N) is 1. The van der Waals surface area contributed by atoms with Crippen LogP contribution in [0.15, 0.2) is 71.6 Å². The van der Waals surface area contributed by atoms with Gasteiger partial charge >= 0.3 is 0 Å². The Morgan fingerprint density at radius 3 is 2.34 bits per heavy atom. The van der Waals surface area contributed by atoms with Crippen LogP contribution in [0.3, 0.4) is 0 Å². The van der Waals surface area contributed by atoms with E-state index < -0.39 is 16.1 Å². The maximum Gasteiger partial charge on any atom is 0.243 e. The Morgan fingerprint density at radius 2 is 1.62 bits per heavy atom. The first kappa shape index (κ1) is 22.5.